The topological polar surface area (TPSA) is 67.9 Å². The van der Waals surface area contributed by atoms with E-state index in [1.165, 1.54) is 6.92 Å². The van der Waals surface area contributed by atoms with Crippen LogP contribution in [0, 0.1) is 0 Å². The Labute approximate surface area is 159 Å². The van der Waals surface area contributed by atoms with E-state index in [-0.39, 0.29) is 17.7 Å². The normalized spacial score (nSPS) is 13.9. The number of ether oxygens (including phenoxy) is 2. The van der Waals surface area contributed by atoms with Gasteiger partial charge < -0.3 is 14.8 Å². The average molecular weight is 368 g/mol. The minimum atomic E-state index is -0.328. The first-order valence-corrected chi connectivity index (χ1v) is 8.94. The first-order chi connectivity index (χ1) is 12.9. The van der Waals surface area contributed by atoms with E-state index in [2.05, 4.69) is 5.32 Å². The lowest BCUT2D eigenvalue weighted by Gasteiger charge is -2.25. The zero-order valence-corrected chi connectivity index (χ0v) is 15.8. The maximum absolute atomic E-state index is 12.5. The summed E-state index contributed by atoms with van der Waals surface area (Å²) in [5, 5.41) is 2.89. The quantitative estimate of drug-likeness (QED) is 0.794. The number of benzene rings is 2. The third kappa shape index (κ3) is 4.65. The van der Waals surface area contributed by atoms with Crippen molar-refractivity contribution in [3.05, 3.63) is 53.6 Å². The van der Waals surface area contributed by atoms with Gasteiger partial charge in [-0.3, -0.25) is 14.5 Å². The molecule has 1 aliphatic rings. The fourth-order valence-corrected chi connectivity index (χ4v) is 2.85. The summed E-state index contributed by atoms with van der Waals surface area (Å²) in [6.45, 7) is 5.10. The molecule has 0 fully saturated rings. The van der Waals surface area contributed by atoms with E-state index in [1.54, 1.807) is 24.3 Å². The highest BCUT2D eigenvalue weighted by Gasteiger charge is 2.19. The smallest absolute Gasteiger partial charge is 0.241 e. The van der Waals surface area contributed by atoms with Gasteiger partial charge in [-0.1, -0.05) is 6.07 Å². The number of ketones is 1. The Kier molecular flexibility index (Phi) is 5.76. The molecule has 0 saturated heterocycles. The number of likely N-dealkylation sites (N-methyl/N-ethyl adjacent to an activating group) is 1. The van der Waals surface area contributed by atoms with Crippen molar-refractivity contribution in [1.82, 2.24) is 4.90 Å². The predicted molar refractivity (Wildman–Crippen MR) is 103 cm³/mol. The number of fused-ring (bicyclic) bond motifs is 1. The van der Waals surface area contributed by atoms with Crippen molar-refractivity contribution in [2.75, 3.05) is 25.6 Å². The lowest BCUT2D eigenvalue weighted by atomic mass is 10.1. The van der Waals surface area contributed by atoms with E-state index in [4.69, 9.17) is 9.47 Å². The molecule has 1 heterocycles. The molecule has 3 rings (SSSR count). The van der Waals surface area contributed by atoms with Gasteiger partial charge in [0.1, 0.15) is 13.2 Å². The van der Waals surface area contributed by atoms with Crippen LogP contribution in [0.4, 0.5) is 5.69 Å². The number of rotatable bonds is 6. The molecule has 0 radical (unpaired) electrons. The molecule has 27 heavy (non-hydrogen) atoms. The Morgan fingerprint density at radius 3 is 2.41 bits per heavy atom. The van der Waals surface area contributed by atoms with Crippen molar-refractivity contribution in [2.24, 2.45) is 0 Å². The van der Waals surface area contributed by atoms with Gasteiger partial charge in [0.15, 0.2) is 17.3 Å². The second-order valence-corrected chi connectivity index (χ2v) is 6.69. The van der Waals surface area contributed by atoms with Crippen LogP contribution in [0.1, 0.15) is 29.8 Å². The van der Waals surface area contributed by atoms with E-state index >= 15 is 0 Å². The van der Waals surface area contributed by atoms with Gasteiger partial charge in [-0.15, -0.1) is 0 Å². The van der Waals surface area contributed by atoms with Crippen LogP contribution in [0.3, 0.4) is 0 Å². The Morgan fingerprint density at radius 2 is 1.74 bits per heavy atom. The van der Waals surface area contributed by atoms with Crippen LogP contribution in [-0.2, 0) is 11.3 Å². The van der Waals surface area contributed by atoms with Gasteiger partial charge in [0.2, 0.25) is 5.91 Å². The van der Waals surface area contributed by atoms with E-state index in [1.807, 2.05) is 37.1 Å². The van der Waals surface area contributed by atoms with Crippen molar-refractivity contribution in [2.45, 2.75) is 26.4 Å². The van der Waals surface area contributed by atoms with Gasteiger partial charge in [-0.25, -0.2) is 0 Å². The highest BCUT2D eigenvalue weighted by atomic mass is 16.6. The van der Waals surface area contributed by atoms with Gasteiger partial charge in [0, 0.05) is 17.8 Å². The SMILES string of the molecule is CC(=O)c1ccc(NC(=O)[C@@H](C)N(C)Cc2ccc3c(c2)OCCO3)cc1. The monoisotopic (exact) mass is 368 g/mol. The Bertz CT molecular complexity index is 833. The summed E-state index contributed by atoms with van der Waals surface area (Å²) in [6, 6.07) is 12.4. The molecule has 0 aromatic heterocycles. The van der Waals surface area contributed by atoms with Gasteiger partial charge in [0.25, 0.3) is 0 Å². The third-order valence-corrected chi connectivity index (χ3v) is 4.64. The van der Waals surface area contributed by atoms with Gasteiger partial charge >= 0.3 is 0 Å². The number of carbonyl (C=O) groups is 2. The van der Waals surface area contributed by atoms with Gasteiger partial charge in [-0.2, -0.15) is 0 Å². The summed E-state index contributed by atoms with van der Waals surface area (Å²) in [6.07, 6.45) is 0. The minimum Gasteiger partial charge on any atom is -0.486 e. The highest BCUT2D eigenvalue weighted by Crippen LogP contribution is 2.31. The van der Waals surface area contributed by atoms with Crippen LogP contribution < -0.4 is 14.8 Å². The summed E-state index contributed by atoms with van der Waals surface area (Å²) in [5.41, 5.74) is 2.34. The second-order valence-electron chi connectivity index (χ2n) is 6.69. The molecule has 0 unspecified atom stereocenters. The summed E-state index contributed by atoms with van der Waals surface area (Å²) >= 11 is 0. The summed E-state index contributed by atoms with van der Waals surface area (Å²) in [4.78, 5) is 25.8. The summed E-state index contributed by atoms with van der Waals surface area (Å²) in [5.74, 6) is 1.40. The molecule has 2 aromatic carbocycles. The molecule has 6 heteroatoms. The van der Waals surface area contributed by atoms with E-state index < -0.39 is 0 Å². The molecule has 6 nitrogen and oxygen atoms in total. The maximum atomic E-state index is 12.5. The lowest BCUT2D eigenvalue weighted by molar-refractivity contribution is -0.120. The molecule has 1 atom stereocenters. The van der Waals surface area contributed by atoms with Crippen LogP contribution >= 0.6 is 0 Å². The Balaban J connectivity index is 1.60. The third-order valence-electron chi connectivity index (χ3n) is 4.64. The van der Waals surface area contributed by atoms with E-state index in [9.17, 15) is 9.59 Å². The molecule has 2 aromatic rings. The molecule has 1 aliphatic heterocycles. The van der Waals surface area contributed by atoms with Crippen molar-refractivity contribution in [3.8, 4) is 11.5 Å². The number of hydrogen-bond acceptors (Lipinski definition) is 5. The fourth-order valence-electron chi connectivity index (χ4n) is 2.85. The number of nitrogens with zero attached hydrogens (tertiary/aromatic N) is 1. The number of Topliss-reactive ketones (excluding diaryl/α,β-unsaturated/α-hetero) is 1. The lowest BCUT2D eigenvalue weighted by Crippen LogP contribution is -2.39. The van der Waals surface area contributed by atoms with Crippen LogP contribution in [0.2, 0.25) is 0 Å². The van der Waals surface area contributed by atoms with Crippen molar-refractivity contribution >= 4 is 17.4 Å². The molecule has 0 bridgehead atoms. The first kappa shape index (κ1) is 18.9. The summed E-state index contributed by atoms with van der Waals surface area (Å²) < 4.78 is 11.1. The first-order valence-electron chi connectivity index (χ1n) is 8.94. The van der Waals surface area contributed by atoms with Crippen LogP contribution in [-0.4, -0.2) is 42.9 Å². The number of nitrogens with one attached hydrogen (secondary N) is 1. The zero-order chi connectivity index (χ0) is 19.4. The van der Waals surface area contributed by atoms with Crippen molar-refractivity contribution in [3.63, 3.8) is 0 Å². The van der Waals surface area contributed by atoms with Gasteiger partial charge in [0.05, 0.1) is 6.04 Å². The fraction of sp³-hybridized carbons (Fsp3) is 0.333. The Morgan fingerprint density at radius 1 is 1.07 bits per heavy atom. The zero-order valence-electron chi connectivity index (χ0n) is 15.8. The van der Waals surface area contributed by atoms with E-state index in [0.29, 0.717) is 31.0 Å². The predicted octanol–water partition coefficient (Wildman–Crippen LogP) is 3.12. The second kappa shape index (κ2) is 8.22. The summed E-state index contributed by atoms with van der Waals surface area (Å²) in [7, 11) is 1.90. The number of amides is 1. The standard InChI is InChI=1S/C21H24N2O4/c1-14(21(25)22-18-7-5-17(6-8-18)15(2)24)23(3)13-16-4-9-19-20(12-16)27-11-10-26-19/h4-9,12,14H,10-11,13H2,1-3H3,(H,22,25)/t14-/m1/s1. The van der Waals surface area contributed by atoms with Crippen molar-refractivity contribution in [1.29, 1.82) is 0 Å². The maximum Gasteiger partial charge on any atom is 0.241 e. The minimum absolute atomic E-state index is 0.000377. The van der Waals surface area contributed by atoms with Gasteiger partial charge in [-0.05, 0) is 62.9 Å². The number of hydrogen-bond donors (Lipinski definition) is 1. The molecule has 0 spiro atoms. The molecule has 0 aliphatic carbocycles. The van der Waals surface area contributed by atoms with Crippen LogP contribution in [0.25, 0.3) is 0 Å². The van der Waals surface area contributed by atoms with E-state index in [0.717, 1.165) is 17.1 Å². The molecule has 1 N–H and O–H groups in total. The van der Waals surface area contributed by atoms with Crippen molar-refractivity contribution < 1.29 is 19.1 Å². The molecule has 1 amide bonds. The Hall–Kier alpha value is -2.86. The largest absolute Gasteiger partial charge is 0.486 e. The highest BCUT2D eigenvalue weighted by molar-refractivity contribution is 5.96. The molecular weight excluding hydrogens is 344 g/mol. The average Bonchev–Trinajstić information content (AvgIpc) is 2.67. The number of carbonyl (C=O) groups excluding carboxylic acids is 2. The number of anilines is 1. The molecule has 0 saturated carbocycles. The molecule has 142 valence electrons. The molecular formula is C21H24N2O4. The van der Waals surface area contributed by atoms with Crippen LogP contribution in [0.15, 0.2) is 42.5 Å². The van der Waals surface area contributed by atoms with Crippen LogP contribution in [0.5, 0.6) is 11.5 Å².